The zero-order valence-electron chi connectivity index (χ0n) is 19.1. The monoisotopic (exact) mass is 461 g/mol. The number of anilines is 2. The number of hydrogen-bond donors (Lipinski definition) is 1. The van der Waals surface area contributed by atoms with Gasteiger partial charge in [-0.1, -0.05) is 5.21 Å². The number of rotatable bonds is 0. The van der Waals surface area contributed by atoms with Gasteiger partial charge in [-0.05, 0) is 49.9 Å². The van der Waals surface area contributed by atoms with E-state index in [1.807, 2.05) is 47.1 Å². The van der Waals surface area contributed by atoms with Gasteiger partial charge in [0, 0.05) is 32.8 Å². The van der Waals surface area contributed by atoms with E-state index in [-0.39, 0.29) is 5.91 Å². The minimum atomic E-state index is 0.175. The molecule has 0 saturated carbocycles. The molecule has 0 radical (unpaired) electrons. The van der Waals surface area contributed by atoms with Crippen molar-refractivity contribution >= 4 is 28.7 Å². The zero-order chi connectivity index (χ0) is 23.3. The van der Waals surface area contributed by atoms with Crippen LogP contribution in [0.25, 0.3) is 16.9 Å². The van der Waals surface area contributed by atoms with Gasteiger partial charge in [-0.3, -0.25) is 9.48 Å². The third-order valence-electron chi connectivity index (χ3n) is 5.77. The summed E-state index contributed by atoms with van der Waals surface area (Å²) in [5.41, 5.74) is 2.82. The van der Waals surface area contributed by atoms with Crippen molar-refractivity contribution in [1.29, 1.82) is 0 Å². The molecule has 11 heteroatoms. The number of hydrogen-bond acceptors (Lipinski definition) is 8. The number of benzene rings is 1. The Balaban J connectivity index is 1.39. The Kier molecular flexibility index (Phi) is 6.32. The van der Waals surface area contributed by atoms with Crippen LogP contribution < -0.4 is 10.1 Å². The molecule has 34 heavy (non-hydrogen) atoms. The lowest BCUT2D eigenvalue weighted by molar-refractivity contribution is -0.130. The van der Waals surface area contributed by atoms with Gasteiger partial charge in [-0.15, -0.1) is 5.10 Å². The van der Waals surface area contributed by atoms with E-state index in [0.29, 0.717) is 30.1 Å². The SMILES string of the molecule is CN1CCCCn2cc(cn2)Nc2ncc3nnn(c3n2)-c2ccc(cc2)OCCCCC1=O. The van der Waals surface area contributed by atoms with E-state index >= 15 is 0 Å². The molecule has 1 aromatic carbocycles. The fourth-order valence-corrected chi connectivity index (χ4v) is 3.83. The summed E-state index contributed by atoms with van der Waals surface area (Å²) in [6.45, 7) is 2.08. The molecule has 3 aromatic heterocycles. The molecule has 5 heterocycles. The van der Waals surface area contributed by atoms with Crippen molar-refractivity contribution in [3.05, 3.63) is 42.9 Å². The first-order valence-electron chi connectivity index (χ1n) is 11.5. The summed E-state index contributed by atoms with van der Waals surface area (Å²) in [7, 11) is 1.87. The van der Waals surface area contributed by atoms with Gasteiger partial charge in [-0.2, -0.15) is 14.8 Å². The first-order valence-corrected chi connectivity index (χ1v) is 11.5. The van der Waals surface area contributed by atoms with Crippen LogP contribution in [0, 0.1) is 0 Å². The molecule has 0 spiro atoms. The van der Waals surface area contributed by atoms with Crippen LogP contribution >= 0.6 is 0 Å². The predicted molar refractivity (Wildman–Crippen MR) is 126 cm³/mol. The molecule has 2 aliphatic rings. The molecule has 11 nitrogen and oxygen atoms in total. The predicted octanol–water partition coefficient (Wildman–Crippen LogP) is 2.95. The third-order valence-corrected chi connectivity index (χ3v) is 5.77. The molecule has 1 amide bonds. The molecule has 6 bridgehead atoms. The first kappa shape index (κ1) is 21.8. The van der Waals surface area contributed by atoms with Crippen molar-refractivity contribution in [3.63, 3.8) is 0 Å². The lowest BCUT2D eigenvalue weighted by Gasteiger charge is -2.17. The third kappa shape index (κ3) is 4.98. The van der Waals surface area contributed by atoms with Crippen molar-refractivity contribution in [2.75, 3.05) is 25.5 Å². The molecule has 6 rings (SSSR count). The van der Waals surface area contributed by atoms with Gasteiger partial charge in [0.05, 0.1) is 30.4 Å². The second kappa shape index (κ2) is 9.86. The normalized spacial score (nSPS) is 15.9. The Bertz CT molecular complexity index is 1270. The molecule has 1 N–H and O–H groups in total. The van der Waals surface area contributed by atoms with Gasteiger partial charge in [-0.25, -0.2) is 4.98 Å². The minimum absolute atomic E-state index is 0.175. The molecule has 0 atom stereocenters. The number of aromatic nitrogens is 7. The quantitative estimate of drug-likeness (QED) is 0.425. The van der Waals surface area contributed by atoms with Gasteiger partial charge in [0.15, 0.2) is 11.2 Å². The Hall–Kier alpha value is -4.02. The smallest absolute Gasteiger partial charge is 0.229 e. The molecular weight excluding hydrogens is 434 g/mol. The zero-order valence-corrected chi connectivity index (χ0v) is 19.1. The highest BCUT2D eigenvalue weighted by atomic mass is 16.5. The maximum absolute atomic E-state index is 12.4. The van der Waals surface area contributed by atoms with E-state index in [1.165, 1.54) is 0 Å². The van der Waals surface area contributed by atoms with Crippen molar-refractivity contribution in [1.82, 2.24) is 39.6 Å². The van der Waals surface area contributed by atoms with Gasteiger partial charge in [0.2, 0.25) is 11.9 Å². The largest absolute Gasteiger partial charge is 0.494 e. The number of amides is 1. The molecule has 0 saturated heterocycles. The van der Waals surface area contributed by atoms with Crippen molar-refractivity contribution in [2.45, 2.75) is 38.6 Å². The number of aryl methyl sites for hydroxylation is 1. The summed E-state index contributed by atoms with van der Waals surface area (Å²) in [6, 6.07) is 7.62. The Morgan fingerprint density at radius 3 is 2.76 bits per heavy atom. The standard InChI is InChI=1S/C23H27N9O2/c1-30-11-3-4-12-31-16-17(14-25-31)26-23-24-15-20-22(27-23)32(29-28-20)18-7-9-19(10-8-18)34-13-5-2-6-21(30)33/h7-10,14-16H,2-6,11-13H2,1H3,(H,24,26,27). The highest BCUT2D eigenvalue weighted by Gasteiger charge is 2.12. The summed E-state index contributed by atoms with van der Waals surface area (Å²) in [5.74, 6) is 1.38. The summed E-state index contributed by atoms with van der Waals surface area (Å²) in [4.78, 5) is 23.1. The van der Waals surface area contributed by atoms with Crippen LogP contribution in [0.4, 0.5) is 11.6 Å². The number of nitrogens with one attached hydrogen (secondary N) is 1. The number of fused-ring (bicyclic) bond motifs is 12. The van der Waals surface area contributed by atoms with E-state index in [9.17, 15) is 4.79 Å². The van der Waals surface area contributed by atoms with E-state index in [1.54, 1.807) is 17.1 Å². The number of ether oxygens (including phenoxy) is 1. The Morgan fingerprint density at radius 2 is 1.88 bits per heavy atom. The number of carbonyl (C=O) groups is 1. The topological polar surface area (TPSA) is 116 Å². The second-order valence-electron chi connectivity index (χ2n) is 8.34. The average molecular weight is 462 g/mol. The highest BCUT2D eigenvalue weighted by molar-refractivity contribution is 5.75. The van der Waals surface area contributed by atoms with Crippen molar-refractivity contribution in [2.24, 2.45) is 0 Å². The maximum Gasteiger partial charge on any atom is 0.229 e. The van der Waals surface area contributed by atoms with Crippen molar-refractivity contribution in [3.8, 4) is 11.4 Å². The molecule has 4 aromatic rings. The van der Waals surface area contributed by atoms with Gasteiger partial charge in [0.1, 0.15) is 5.75 Å². The number of nitrogens with zero attached hydrogens (tertiary/aromatic N) is 8. The average Bonchev–Trinajstić information content (AvgIpc) is 3.48. The maximum atomic E-state index is 12.4. The van der Waals surface area contributed by atoms with Gasteiger partial charge < -0.3 is 15.0 Å². The molecular formula is C23H27N9O2. The first-order chi connectivity index (χ1) is 16.7. The van der Waals surface area contributed by atoms with E-state index in [4.69, 9.17) is 4.74 Å². The van der Waals surface area contributed by atoms with Crippen LogP contribution in [-0.4, -0.2) is 65.7 Å². The van der Waals surface area contributed by atoms with Crippen LogP contribution in [0.5, 0.6) is 5.75 Å². The fourth-order valence-electron chi connectivity index (χ4n) is 3.83. The molecule has 176 valence electrons. The Labute approximate surface area is 196 Å². The summed E-state index contributed by atoms with van der Waals surface area (Å²) in [6.07, 6.45) is 9.32. The van der Waals surface area contributed by atoms with E-state index < -0.39 is 0 Å². The van der Waals surface area contributed by atoms with E-state index in [2.05, 4.69) is 30.7 Å². The Morgan fingerprint density at radius 1 is 1.03 bits per heavy atom. The summed E-state index contributed by atoms with van der Waals surface area (Å²) < 4.78 is 9.40. The highest BCUT2D eigenvalue weighted by Crippen LogP contribution is 2.20. The fraction of sp³-hybridized carbons (Fsp3) is 0.391. The lowest BCUT2D eigenvalue weighted by atomic mass is 10.2. The van der Waals surface area contributed by atoms with Gasteiger partial charge in [0.25, 0.3) is 0 Å². The molecule has 0 fully saturated rings. The molecule has 2 aliphatic heterocycles. The lowest BCUT2D eigenvalue weighted by Crippen LogP contribution is -2.27. The van der Waals surface area contributed by atoms with Crippen molar-refractivity contribution < 1.29 is 9.53 Å². The van der Waals surface area contributed by atoms with Crippen LogP contribution in [-0.2, 0) is 11.3 Å². The second-order valence-corrected chi connectivity index (χ2v) is 8.34. The van der Waals surface area contributed by atoms with Gasteiger partial charge >= 0.3 is 0 Å². The minimum Gasteiger partial charge on any atom is -0.494 e. The van der Waals surface area contributed by atoms with Crippen LogP contribution in [0.15, 0.2) is 42.9 Å². The van der Waals surface area contributed by atoms with Crippen LogP contribution in [0.1, 0.15) is 32.1 Å². The van der Waals surface area contributed by atoms with Crippen LogP contribution in [0.3, 0.4) is 0 Å². The number of carbonyl (C=O) groups excluding carboxylic acids is 1. The molecule has 0 unspecified atom stereocenters. The van der Waals surface area contributed by atoms with Crippen LogP contribution in [0.2, 0.25) is 0 Å². The molecule has 0 aliphatic carbocycles. The summed E-state index contributed by atoms with van der Waals surface area (Å²) >= 11 is 0. The summed E-state index contributed by atoms with van der Waals surface area (Å²) in [5, 5.41) is 16.0. The van der Waals surface area contributed by atoms with E-state index in [0.717, 1.165) is 55.9 Å².